The first-order valence-corrected chi connectivity index (χ1v) is 4.45. The smallest absolute Gasteiger partial charge is 0.0335 e. The Bertz CT molecular complexity index is 223. The van der Waals surface area contributed by atoms with Crippen LogP contribution in [0.1, 0.15) is 20.8 Å². The molecule has 66 valence electrons. The lowest BCUT2D eigenvalue weighted by molar-refractivity contribution is 0.293. The zero-order chi connectivity index (χ0) is 9.14. The van der Waals surface area contributed by atoms with Crippen molar-refractivity contribution in [2.75, 3.05) is 0 Å². The molecule has 0 aliphatic carbocycles. The maximum absolute atomic E-state index is 3.99. The van der Waals surface area contributed by atoms with Crippen molar-refractivity contribution in [1.82, 2.24) is 4.90 Å². The number of hydrogen-bond donors (Lipinski definition) is 0. The van der Waals surface area contributed by atoms with Crippen LogP contribution in [0.5, 0.6) is 0 Å². The molecule has 0 amide bonds. The van der Waals surface area contributed by atoms with E-state index >= 15 is 0 Å². The monoisotopic (exact) mass is 163 g/mol. The highest BCUT2D eigenvalue weighted by atomic mass is 15.1. The maximum Gasteiger partial charge on any atom is 0.0335 e. The minimum absolute atomic E-state index is 0.527. The van der Waals surface area contributed by atoms with Crippen LogP contribution in [0, 0.1) is 5.92 Å². The Morgan fingerprint density at radius 2 is 1.92 bits per heavy atom. The van der Waals surface area contributed by atoms with Gasteiger partial charge in [-0.1, -0.05) is 26.5 Å². The van der Waals surface area contributed by atoms with E-state index in [2.05, 4.69) is 38.5 Å². The first-order chi connectivity index (χ1) is 5.63. The minimum atomic E-state index is 0.527. The Kier molecular flexibility index (Phi) is 2.74. The largest absolute Gasteiger partial charge is 0.345 e. The lowest BCUT2D eigenvalue weighted by Crippen LogP contribution is -2.31. The van der Waals surface area contributed by atoms with E-state index in [0.29, 0.717) is 12.0 Å². The molecule has 0 saturated carbocycles. The summed E-state index contributed by atoms with van der Waals surface area (Å²) in [5, 5.41) is 0. The molecule has 12 heavy (non-hydrogen) atoms. The number of nitrogens with zero attached hydrogens (tertiary/aromatic N) is 1. The van der Waals surface area contributed by atoms with Gasteiger partial charge >= 0.3 is 0 Å². The van der Waals surface area contributed by atoms with Gasteiger partial charge in [0.15, 0.2) is 0 Å². The van der Waals surface area contributed by atoms with E-state index in [9.17, 15) is 0 Å². The lowest BCUT2D eigenvalue weighted by atomic mass is 10.0. The molecule has 0 aromatic heterocycles. The molecule has 0 aromatic carbocycles. The Labute approximate surface area is 75.1 Å². The molecule has 0 aromatic rings. The number of allylic oxidation sites excluding steroid dienone is 3. The molecule has 1 rings (SSSR count). The fourth-order valence-electron chi connectivity index (χ4n) is 1.21. The zero-order valence-corrected chi connectivity index (χ0v) is 8.12. The average molecular weight is 163 g/mol. The summed E-state index contributed by atoms with van der Waals surface area (Å²) >= 11 is 0. The molecule has 0 N–H and O–H groups in total. The quantitative estimate of drug-likeness (QED) is 0.605. The standard InChI is InChI=1S/C11H17N/c1-9(2)11(4)12-8-6-5-7-10(12)3/h5-9,11H,3H2,1-2,4H3. The Balaban J connectivity index is 2.69. The van der Waals surface area contributed by atoms with E-state index in [1.165, 1.54) is 0 Å². The van der Waals surface area contributed by atoms with Gasteiger partial charge in [-0.3, -0.25) is 0 Å². The zero-order valence-electron chi connectivity index (χ0n) is 8.12. The third-order valence-corrected chi connectivity index (χ3v) is 2.38. The molecule has 0 spiro atoms. The Hall–Kier alpha value is -0.980. The van der Waals surface area contributed by atoms with Crippen LogP contribution in [-0.2, 0) is 0 Å². The summed E-state index contributed by atoms with van der Waals surface area (Å²) in [7, 11) is 0. The SMILES string of the molecule is C=C1C=CC=CN1C(C)C(C)C. The first-order valence-electron chi connectivity index (χ1n) is 4.45. The highest BCUT2D eigenvalue weighted by molar-refractivity contribution is 5.26. The summed E-state index contributed by atoms with van der Waals surface area (Å²) < 4.78 is 0. The fraction of sp³-hybridized carbons (Fsp3) is 0.455. The van der Waals surface area contributed by atoms with Crippen LogP contribution < -0.4 is 0 Å². The van der Waals surface area contributed by atoms with Crippen LogP contribution in [0.3, 0.4) is 0 Å². The lowest BCUT2D eigenvalue weighted by Gasteiger charge is -2.32. The summed E-state index contributed by atoms with van der Waals surface area (Å²) in [6.07, 6.45) is 8.20. The van der Waals surface area contributed by atoms with Crippen molar-refractivity contribution in [3.8, 4) is 0 Å². The molecule has 0 saturated heterocycles. The third-order valence-electron chi connectivity index (χ3n) is 2.38. The average Bonchev–Trinajstić information content (AvgIpc) is 2.04. The van der Waals surface area contributed by atoms with Crippen molar-refractivity contribution in [3.05, 3.63) is 36.7 Å². The van der Waals surface area contributed by atoms with Crippen molar-refractivity contribution < 1.29 is 0 Å². The van der Waals surface area contributed by atoms with Crippen LogP contribution in [-0.4, -0.2) is 10.9 Å². The topological polar surface area (TPSA) is 3.24 Å². The number of rotatable bonds is 2. The van der Waals surface area contributed by atoms with Crippen LogP contribution in [0.25, 0.3) is 0 Å². The first kappa shape index (κ1) is 9.11. The van der Waals surface area contributed by atoms with Gasteiger partial charge in [0.05, 0.1) is 0 Å². The van der Waals surface area contributed by atoms with Gasteiger partial charge in [0.25, 0.3) is 0 Å². The van der Waals surface area contributed by atoms with Gasteiger partial charge in [-0.05, 0) is 25.0 Å². The van der Waals surface area contributed by atoms with Crippen LogP contribution >= 0.6 is 0 Å². The molecule has 1 heteroatoms. The fourth-order valence-corrected chi connectivity index (χ4v) is 1.21. The van der Waals surface area contributed by atoms with Gasteiger partial charge in [0.2, 0.25) is 0 Å². The van der Waals surface area contributed by atoms with Gasteiger partial charge in [-0.2, -0.15) is 0 Å². The number of hydrogen-bond acceptors (Lipinski definition) is 1. The van der Waals surface area contributed by atoms with E-state index in [4.69, 9.17) is 0 Å². The van der Waals surface area contributed by atoms with Crippen molar-refractivity contribution in [3.63, 3.8) is 0 Å². The van der Waals surface area contributed by atoms with E-state index in [1.807, 2.05) is 18.2 Å². The summed E-state index contributed by atoms with van der Waals surface area (Å²) in [6, 6.07) is 0.527. The molecule has 1 atom stereocenters. The van der Waals surface area contributed by atoms with E-state index < -0.39 is 0 Å². The van der Waals surface area contributed by atoms with E-state index in [0.717, 1.165) is 5.70 Å². The Morgan fingerprint density at radius 3 is 2.42 bits per heavy atom. The van der Waals surface area contributed by atoms with Crippen molar-refractivity contribution >= 4 is 0 Å². The van der Waals surface area contributed by atoms with Crippen LogP contribution in [0.4, 0.5) is 0 Å². The van der Waals surface area contributed by atoms with Gasteiger partial charge in [-0.15, -0.1) is 0 Å². The van der Waals surface area contributed by atoms with Crippen molar-refractivity contribution in [2.24, 2.45) is 5.92 Å². The molecular formula is C11H17N. The molecule has 0 radical (unpaired) electrons. The second-order valence-corrected chi connectivity index (χ2v) is 3.58. The molecule has 1 aliphatic heterocycles. The highest BCUT2D eigenvalue weighted by Crippen LogP contribution is 2.18. The predicted octanol–water partition coefficient (Wildman–Crippen LogP) is 2.93. The van der Waals surface area contributed by atoms with Crippen molar-refractivity contribution in [1.29, 1.82) is 0 Å². The second-order valence-electron chi connectivity index (χ2n) is 3.58. The molecule has 1 nitrogen and oxygen atoms in total. The third kappa shape index (κ3) is 1.79. The summed E-state index contributed by atoms with van der Waals surface area (Å²) in [5.41, 5.74) is 1.08. The Morgan fingerprint density at radius 1 is 1.25 bits per heavy atom. The van der Waals surface area contributed by atoms with Crippen LogP contribution in [0.15, 0.2) is 36.7 Å². The molecule has 1 heterocycles. The van der Waals surface area contributed by atoms with Gasteiger partial charge in [-0.25, -0.2) is 0 Å². The summed E-state index contributed by atoms with van der Waals surface area (Å²) in [4.78, 5) is 2.21. The highest BCUT2D eigenvalue weighted by Gasteiger charge is 2.15. The van der Waals surface area contributed by atoms with Crippen LogP contribution in [0.2, 0.25) is 0 Å². The van der Waals surface area contributed by atoms with Gasteiger partial charge in [0.1, 0.15) is 0 Å². The summed E-state index contributed by atoms with van der Waals surface area (Å²) in [5.74, 6) is 0.651. The maximum atomic E-state index is 3.99. The molecule has 1 aliphatic rings. The van der Waals surface area contributed by atoms with Gasteiger partial charge in [0, 0.05) is 17.9 Å². The van der Waals surface area contributed by atoms with E-state index in [1.54, 1.807) is 0 Å². The molecular weight excluding hydrogens is 146 g/mol. The molecule has 0 bridgehead atoms. The molecule has 1 unspecified atom stereocenters. The second kappa shape index (κ2) is 3.61. The molecule has 0 fully saturated rings. The summed E-state index contributed by atoms with van der Waals surface area (Å²) in [6.45, 7) is 10.7. The predicted molar refractivity (Wildman–Crippen MR) is 53.6 cm³/mol. The van der Waals surface area contributed by atoms with Crippen molar-refractivity contribution in [2.45, 2.75) is 26.8 Å². The van der Waals surface area contributed by atoms with E-state index in [-0.39, 0.29) is 0 Å². The van der Waals surface area contributed by atoms with Gasteiger partial charge < -0.3 is 4.90 Å². The minimum Gasteiger partial charge on any atom is -0.345 e. The normalized spacial score (nSPS) is 19.0.